The average Bonchev–Trinajstić information content (AvgIpc) is 3.72. The second kappa shape index (κ2) is 9.80. The largest absolute Gasteiger partial charge is 0.456 e. The van der Waals surface area contributed by atoms with Gasteiger partial charge >= 0.3 is 0 Å². The number of rotatable bonds is 2. The molecule has 0 atom stereocenters. The molecule has 0 unspecified atom stereocenters. The minimum Gasteiger partial charge on any atom is -0.456 e. The second-order valence-electron chi connectivity index (χ2n) is 13.3. The maximum absolute atomic E-state index is 6.36. The van der Waals surface area contributed by atoms with Crippen molar-refractivity contribution < 1.29 is 4.74 Å². The van der Waals surface area contributed by atoms with Crippen LogP contribution < -0.4 is 4.74 Å². The van der Waals surface area contributed by atoms with Crippen molar-refractivity contribution in [3.63, 3.8) is 0 Å². The van der Waals surface area contributed by atoms with E-state index in [1.165, 1.54) is 48.6 Å². The minimum absolute atomic E-state index is 0.635. The van der Waals surface area contributed by atoms with Crippen molar-refractivity contribution in [1.29, 1.82) is 0 Å². The van der Waals surface area contributed by atoms with Crippen LogP contribution in [0.2, 0.25) is 0 Å². The molecule has 1 aliphatic rings. The van der Waals surface area contributed by atoms with E-state index in [9.17, 15) is 0 Å². The Morgan fingerprint density at radius 3 is 1.98 bits per heavy atom. The molecule has 4 heterocycles. The van der Waals surface area contributed by atoms with Crippen LogP contribution in [-0.4, -0.2) is 19.1 Å². The van der Waals surface area contributed by atoms with Crippen molar-refractivity contribution in [2.75, 3.05) is 0 Å². The maximum atomic E-state index is 6.36. The molecule has 0 saturated carbocycles. The number of benzene rings is 8. The van der Waals surface area contributed by atoms with E-state index < -0.39 is 0 Å². The van der Waals surface area contributed by atoms with E-state index in [1.807, 2.05) is 30.3 Å². The highest BCUT2D eigenvalue weighted by atomic mass is 16.5. The van der Waals surface area contributed by atoms with E-state index >= 15 is 0 Å². The van der Waals surface area contributed by atoms with E-state index in [4.69, 9.17) is 14.7 Å². The first-order chi connectivity index (χ1) is 25.3. The standard InChI is InChI=1S/C46H26N4O/c1-2-13-29(14-3-1)49-37-26-24-33-40-30-15-6-4-11-27(30)22-25-36(40)50(45(33)41(37)34-23-21-28-12-5-7-16-31(28)44(34)49)46-47-35-18-10-20-39-42(35)43(48-46)32-17-8-9-19-38(32)51-39/h1-26H. The zero-order valence-electron chi connectivity index (χ0n) is 27.2. The number of ether oxygens (including phenoxy) is 1. The summed E-state index contributed by atoms with van der Waals surface area (Å²) in [5.74, 6) is 2.22. The van der Waals surface area contributed by atoms with Crippen LogP contribution in [0.3, 0.4) is 0 Å². The summed E-state index contributed by atoms with van der Waals surface area (Å²) >= 11 is 0. The average molecular weight is 651 g/mol. The summed E-state index contributed by atoms with van der Waals surface area (Å²) in [6.07, 6.45) is 0. The number of hydrogen-bond donors (Lipinski definition) is 0. The van der Waals surface area contributed by atoms with Crippen LogP contribution in [0.15, 0.2) is 158 Å². The molecule has 0 fully saturated rings. The van der Waals surface area contributed by atoms with Gasteiger partial charge in [0.2, 0.25) is 5.95 Å². The summed E-state index contributed by atoms with van der Waals surface area (Å²) < 4.78 is 11.1. The molecule has 0 amide bonds. The normalized spacial score (nSPS) is 12.5. The lowest BCUT2D eigenvalue weighted by molar-refractivity contribution is 0.486. The van der Waals surface area contributed by atoms with Crippen LogP contribution >= 0.6 is 0 Å². The molecule has 8 aromatic carbocycles. The van der Waals surface area contributed by atoms with Gasteiger partial charge in [0.05, 0.1) is 38.7 Å². The SMILES string of the molecule is c1ccc(-n2c3ccc4c5c6ccccc6ccc5n(-c5nc6c7c(cccc7n5)Oc5ccccc5-6)c4c3c3ccc4ccccc4c32)cc1. The molecule has 0 bridgehead atoms. The Hall–Kier alpha value is -6.98. The predicted octanol–water partition coefficient (Wildman–Crippen LogP) is 11.9. The minimum atomic E-state index is 0.635. The summed E-state index contributed by atoms with van der Waals surface area (Å²) in [6.45, 7) is 0. The lowest BCUT2D eigenvalue weighted by atomic mass is 10.0. The van der Waals surface area contributed by atoms with E-state index in [1.54, 1.807) is 0 Å². The first-order valence-corrected chi connectivity index (χ1v) is 17.3. The summed E-state index contributed by atoms with van der Waals surface area (Å²) in [4.78, 5) is 10.8. The van der Waals surface area contributed by atoms with Gasteiger partial charge in [0.25, 0.3) is 0 Å². The molecule has 1 aliphatic heterocycles. The molecule has 0 spiro atoms. The van der Waals surface area contributed by atoms with Crippen LogP contribution in [0.4, 0.5) is 0 Å². The summed E-state index contributed by atoms with van der Waals surface area (Å²) in [7, 11) is 0. The van der Waals surface area contributed by atoms with E-state index in [0.29, 0.717) is 5.95 Å². The Kier molecular flexibility index (Phi) is 5.17. The van der Waals surface area contributed by atoms with Gasteiger partial charge in [-0.1, -0.05) is 109 Å². The quantitative estimate of drug-likeness (QED) is 0.187. The van der Waals surface area contributed by atoms with Crippen molar-refractivity contribution >= 4 is 76.1 Å². The molecule has 12 rings (SSSR count). The highest BCUT2D eigenvalue weighted by Gasteiger charge is 2.27. The monoisotopic (exact) mass is 650 g/mol. The molecular formula is C46H26N4O. The highest BCUT2D eigenvalue weighted by molar-refractivity contribution is 6.32. The molecule has 0 N–H and O–H groups in total. The van der Waals surface area contributed by atoms with Gasteiger partial charge in [-0.3, -0.25) is 4.57 Å². The highest BCUT2D eigenvalue weighted by Crippen LogP contribution is 2.48. The molecule has 5 heteroatoms. The second-order valence-corrected chi connectivity index (χ2v) is 13.3. The van der Waals surface area contributed by atoms with Gasteiger partial charge in [-0.15, -0.1) is 0 Å². The van der Waals surface area contributed by atoms with Gasteiger partial charge in [-0.05, 0) is 64.7 Å². The Labute approximate surface area is 291 Å². The van der Waals surface area contributed by atoms with Crippen molar-refractivity contribution in [3.05, 3.63) is 158 Å². The molecule has 11 aromatic rings. The molecule has 0 saturated heterocycles. The van der Waals surface area contributed by atoms with Gasteiger partial charge in [0.15, 0.2) is 0 Å². The van der Waals surface area contributed by atoms with E-state index in [0.717, 1.165) is 55.9 Å². The van der Waals surface area contributed by atoms with Crippen LogP contribution in [0.5, 0.6) is 11.5 Å². The molecule has 0 radical (unpaired) electrons. The van der Waals surface area contributed by atoms with E-state index in [-0.39, 0.29) is 0 Å². The van der Waals surface area contributed by atoms with E-state index in [2.05, 4.69) is 137 Å². The molecule has 51 heavy (non-hydrogen) atoms. The zero-order chi connectivity index (χ0) is 33.2. The smallest absolute Gasteiger partial charge is 0.235 e. The number of nitrogens with zero attached hydrogens (tertiary/aromatic N) is 4. The third kappa shape index (κ3) is 3.54. The number of aromatic nitrogens is 4. The fourth-order valence-corrected chi connectivity index (χ4v) is 8.58. The number of para-hydroxylation sites is 2. The Morgan fingerprint density at radius 1 is 0.412 bits per heavy atom. The van der Waals surface area contributed by atoms with Crippen molar-refractivity contribution in [2.45, 2.75) is 0 Å². The van der Waals surface area contributed by atoms with Crippen LogP contribution in [0.1, 0.15) is 0 Å². The number of fused-ring (bicyclic) bond motifs is 13. The van der Waals surface area contributed by atoms with Crippen LogP contribution in [-0.2, 0) is 0 Å². The first-order valence-electron chi connectivity index (χ1n) is 17.3. The Balaban J connectivity index is 1.33. The zero-order valence-corrected chi connectivity index (χ0v) is 27.2. The fraction of sp³-hybridized carbons (Fsp3) is 0. The molecular weight excluding hydrogens is 625 g/mol. The summed E-state index contributed by atoms with van der Waals surface area (Å²) in [6, 6.07) is 55.9. The van der Waals surface area contributed by atoms with Gasteiger partial charge in [0.1, 0.15) is 11.5 Å². The van der Waals surface area contributed by atoms with Crippen molar-refractivity contribution in [1.82, 2.24) is 19.1 Å². The lowest BCUT2D eigenvalue weighted by Crippen LogP contribution is -2.06. The van der Waals surface area contributed by atoms with Gasteiger partial charge < -0.3 is 9.30 Å². The third-order valence-electron chi connectivity index (χ3n) is 10.7. The Morgan fingerprint density at radius 2 is 1.08 bits per heavy atom. The van der Waals surface area contributed by atoms with Crippen molar-refractivity contribution in [3.8, 4) is 34.4 Å². The molecule has 3 aromatic heterocycles. The topological polar surface area (TPSA) is 44.9 Å². The predicted molar refractivity (Wildman–Crippen MR) is 209 cm³/mol. The van der Waals surface area contributed by atoms with Crippen molar-refractivity contribution in [2.24, 2.45) is 0 Å². The van der Waals surface area contributed by atoms with Gasteiger partial charge in [-0.25, -0.2) is 9.97 Å². The van der Waals surface area contributed by atoms with Gasteiger partial charge in [-0.2, -0.15) is 0 Å². The van der Waals surface area contributed by atoms with Gasteiger partial charge in [0, 0.05) is 38.2 Å². The Bertz CT molecular complexity index is 3280. The number of hydrogen-bond acceptors (Lipinski definition) is 3. The fourth-order valence-electron chi connectivity index (χ4n) is 8.58. The first kappa shape index (κ1) is 26.9. The molecule has 5 nitrogen and oxygen atoms in total. The molecule has 236 valence electrons. The maximum Gasteiger partial charge on any atom is 0.235 e. The molecule has 0 aliphatic carbocycles. The summed E-state index contributed by atoms with van der Waals surface area (Å²) in [5.41, 5.74) is 8.31. The van der Waals surface area contributed by atoms with Crippen LogP contribution in [0.25, 0.3) is 99.0 Å². The lowest BCUT2D eigenvalue weighted by Gasteiger charge is -2.21. The van der Waals surface area contributed by atoms with Crippen LogP contribution in [0, 0.1) is 0 Å². The summed E-state index contributed by atoms with van der Waals surface area (Å²) in [5, 5.41) is 10.5. The third-order valence-corrected chi connectivity index (χ3v) is 10.7.